The maximum atomic E-state index is 14.9. The van der Waals surface area contributed by atoms with E-state index in [0.717, 1.165) is 19.4 Å². The number of hydrogen-bond donors (Lipinski definition) is 0. The van der Waals surface area contributed by atoms with Crippen molar-refractivity contribution in [3.8, 4) is 0 Å². The van der Waals surface area contributed by atoms with Gasteiger partial charge in [-0.3, -0.25) is 4.90 Å². The number of para-hydroxylation sites is 1. The molecule has 32 heavy (non-hydrogen) atoms. The van der Waals surface area contributed by atoms with Gasteiger partial charge in [0.05, 0.1) is 18.3 Å². The third-order valence-electron chi connectivity index (χ3n) is 6.28. The highest BCUT2D eigenvalue weighted by Crippen LogP contribution is 2.31. The summed E-state index contributed by atoms with van der Waals surface area (Å²) in [5.74, 6) is 0.0813. The first-order chi connectivity index (χ1) is 15.7. The van der Waals surface area contributed by atoms with Crippen LogP contribution in [0.2, 0.25) is 0 Å². The Morgan fingerprint density at radius 3 is 2.44 bits per heavy atom. The predicted molar refractivity (Wildman–Crippen MR) is 115 cm³/mol. The molecule has 2 atom stereocenters. The van der Waals surface area contributed by atoms with E-state index in [0.29, 0.717) is 49.8 Å². The minimum absolute atomic E-state index is 0.0661. The smallest absolute Gasteiger partial charge is 0.173 e. The van der Waals surface area contributed by atoms with Crippen LogP contribution in [0, 0.1) is 11.6 Å². The van der Waals surface area contributed by atoms with E-state index >= 15 is 0 Å². The monoisotopic (exact) mass is 440 g/mol. The van der Waals surface area contributed by atoms with Crippen LogP contribution in [0.5, 0.6) is 0 Å². The van der Waals surface area contributed by atoms with Crippen molar-refractivity contribution in [2.45, 2.75) is 31.5 Å². The second-order valence-electron chi connectivity index (χ2n) is 8.25. The van der Waals surface area contributed by atoms with E-state index in [4.69, 9.17) is 4.74 Å². The average molecular weight is 440 g/mol. The second-order valence-corrected chi connectivity index (χ2v) is 8.25. The number of ether oxygens (including phenoxy) is 1. The van der Waals surface area contributed by atoms with Gasteiger partial charge in [0, 0.05) is 38.3 Å². The molecule has 0 bridgehead atoms. The molecule has 2 aliphatic heterocycles. The molecule has 0 N–H and O–H groups in total. The molecule has 2 saturated heterocycles. The van der Waals surface area contributed by atoms with Crippen molar-refractivity contribution in [2.75, 3.05) is 37.7 Å². The van der Waals surface area contributed by atoms with Crippen LogP contribution in [-0.2, 0) is 11.3 Å². The maximum absolute atomic E-state index is 14.9. The van der Waals surface area contributed by atoms with Crippen molar-refractivity contribution < 1.29 is 13.5 Å². The number of tetrazole rings is 1. The van der Waals surface area contributed by atoms with Crippen molar-refractivity contribution in [3.63, 3.8) is 0 Å². The number of rotatable bonds is 6. The molecule has 3 heterocycles. The summed E-state index contributed by atoms with van der Waals surface area (Å²) < 4.78 is 36.7. The Kier molecular flexibility index (Phi) is 6.09. The summed E-state index contributed by atoms with van der Waals surface area (Å²) in [4.78, 5) is 4.20. The van der Waals surface area contributed by atoms with Crippen LogP contribution in [0.1, 0.15) is 30.3 Å². The third-order valence-corrected chi connectivity index (χ3v) is 6.28. The van der Waals surface area contributed by atoms with Crippen molar-refractivity contribution in [1.82, 2.24) is 25.1 Å². The molecule has 9 heteroatoms. The summed E-state index contributed by atoms with van der Waals surface area (Å²) in [5.41, 5.74) is 1.13. The Balaban J connectivity index is 1.42. The Hall–Kier alpha value is -2.91. The second kappa shape index (κ2) is 9.30. The van der Waals surface area contributed by atoms with E-state index in [1.807, 2.05) is 17.0 Å². The number of hydrogen-bond acceptors (Lipinski definition) is 6. The first kappa shape index (κ1) is 21.0. The molecule has 2 aliphatic rings. The van der Waals surface area contributed by atoms with Crippen LogP contribution in [0.4, 0.5) is 14.5 Å². The van der Waals surface area contributed by atoms with Crippen LogP contribution >= 0.6 is 0 Å². The van der Waals surface area contributed by atoms with E-state index in [2.05, 4.69) is 20.4 Å². The fourth-order valence-corrected chi connectivity index (χ4v) is 4.64. The Bertz CT molecular complexity index is 1050. The molecule has 7 nitrogen and oxygen atoms in total. The minimum Gasteiger partial charge on any atom is -0.376 e. The Morgan fingerprint density at radius 2 is 1.72 bits per heavy atom. The molecular formula is C23H26F2N6O. The molecule has 2 aromatic carbocycles. The highest BCUT2D eigenvalue weighted by molar-refractivity contribution is 5.48. The van der Waals surface area contributed by atoms with Gasteiger partial charge < -0.3 is 9.64 Å². The fourth-order valence-electron chi connectivity index (χ4n) is 4.64. The Labute approximate surface area is 185 Å². The summed E-state index contributed by atoms with van der Waals surface area (Å²) in [5, 5.41) is 12.4. The molecular weight excluding hydrogens is 414 g/mol. The van der Waals surface area contributed by atoms with E-state index in [1.54, 1.807) is 28.9 Å². The van der Waals surface area contributed by atoms with Crippen molar-refractivity contribution in [2.24, 2.45) is 0 Å². The van der Waals surface area contributed by atoms with Gasteiger partial charge in [-0.2, -0.15) is 0 Å². The van der Waals surface area contributed by atoms with Gasteiger partial charge in [0.1, 0.15) is 17.7 Å². The molecule has 0 spiro atoms. The zero-order valence-electron chi connectivity index (χ0n) is 17.8. The molecule has 2 fully saturated rings. The average Bonchev–Trinajstić information content (AvgIpc) is 3.49. The van der Waals surface area contributed by atoms with Crippen molar-refractivity contribution >= 4 is 5.69 Å². The molecule has 0 unspecified atom stereocenters. The van der Waals surface area contributed by atoms with Crippen molar-refractivity contribution in [3.05, 3.63) is 71.6 Å². The van der Waals surface area contributed by atoms with Crippen LogP contribution < -0.4 is 4.90 Å². The minimum atomic E-state index is -0.435. The summed E-state index contributed by atoms with van der Waals surface area (Å²) in [7, 11) is 0. The van der Waals surface area contributed by atoms with E-state index < -0.39 is 6.04 Å². The van der Waals surface area contributed by atoms with Gasteiger partial charge in [0.2, 0.25) is 0 Å². The topological polar surface area (TPSA) is 59.3 Å². The van der Waals surface area contributed by atoms with Gasteiger partial charge in [0.25, 0.3) is 0 Å². The number of nitrogens with zero attached hydrogens (tertiary/aromatic N) is 6. The number of anilines is 1. The van der Waals surface area contributed by atoms with Gasteiger partial charge >= 0.3 is 0 Å². The molecule has 0 amide bonds. The normalized spacial score (nSPS) is 20.6. The lowest BCUT2D eigenvalue weighted by Gasteiger charge is -2.40. The fraction of sp³-hybridized carbons (Fsp3) is 0.435. The zero-order chi connectivity index (χ0) is 21.9. The number of benzene rings is 2. The Morgan fingerprint density at radius 1 is 0.969 bits per heavy atom. The van der Waals surface area contributed by atoms with Gasteiger partial charge in [0.15, 0.2) is 5.82 Å². The summed E-state index contributed by atoms with van der Waals surface area (Å²) in [6.45, 7) is 3.79. The lowest BCUT2D eigenvalue weighted by molar-refractivity contribution is 0.0906. The summed E-state index contributed by atoms with van der Waals surface area (Å²) >= 11 is 0. The van der Waals surface area contributed by atoms with Crippen LogP contribution in [0.25, 0.3) is 0 Å². The standard InChI is InChI=1S/C23H26F2N6O/c24-19-8-2-1-7-18(19)22(23-26-27-28-31(23)16-17-6-5-15-32-17)30-13-11-29(12-14-30)21-10-4-3-9-20(21)25/h1-4,7-10,17,22H,5-6,11-16H2/t17-,22+/m1/s1. The van der Waals surface area contributed by atoms with Gasteiger partial charge in [-0.05, 0) is 41.5 Å². The van der Waals surface area contributed by atoms with Crippen LogP contribution in [-0.4, -0.2) is 64.0 Å². The zero-order valence-corrected chi connectivity index (χ0v) is 17.8. The molecule has 5 rings (SSSR count). The molecule has 0 saturated carbocycles. The molecule has 1 aromatic heterocycles. The quantitative estimate of drug-likeness (QED) is 0.587. The predicted octanol–water partition coefficient (Wildman–Crippen LogP) is 3.04. The van der Waals surface area contributed by atoms with Crippen LogP contribution in [0.15, 0.2) is 48.5 Å². The first-order valence-electron chi connectivity index (χ1n) is 11.1. The first-order valence-corrected chi connectivity index (χ1v) is 11.1. The highest BCUT2D eigenvalue weighted by atomic mass is 19.1. The highest BCUT2D eigenvalue weighted by Gasteiger charge is 2.33. The van der Waals surface area contributed by atoms with Gasteiger partial charge in [-0.25, -0.2) is 13.5 Å². The summed E-state index contributed by atoms with van der Waals surface area (Å²) in [6.07, 6.45) is 2.05. The third kappa shape index (κ3) is 4.22. The number of aromatic nitrogens is 4. The molecule has 0 aliphatic carbocycles. The summed E-state index contributed by atoms with van der Waals surface area (Å²) in [6, 6.07) is 13.1. The van der Waals surface area contributed by atoms with Gasteiger partial charge in [-0.15, -0.1) is 5.10 Å². The number of halogens is 2. The van der Waals surface area contributed by atoms with E-state index in [1.165, 1.54) is 12.1 Å². The van der Waals surface area contributed by atoms with E-state index in [-0.39, 0.29) is 17.7 Å². The molecule has 3 aromatic rings. The maximum Gasteiger partial charge on any atom is 0.173 e. The number of piperazine rings is 1. The lowest BCUT2D eigenvalue weighted by atomic mass is 10.0. The van der Waals surface area contributed by atoms with Gasteiger partial charge in [-0.1, -0.05) is 30.3 Å². The SMILES string of the molecule is Fc1ccccc1[C@@H](c1nnnn1C[C@H]1CCCO1)N1CCN(c2ccccc2F)CC1. The molecule has 0 radical (unpaired) electrons. The lowest BCUT2D eigenvalue weighted by Crippen LogP contribution is -2.48. The van der Waals surface area contributed by atoms with Crippen molar-refractivity contribution in [1.29, 1.82) is 0 Å². The van der Waals surface area contributed by atoms with E-state index in [9.17, 15) is 8.78 Å². The van der Waals surface area contributed by atoms with Crippen LogP contribution in [0.3, 0.4) is 0 Å². The largest absolute Gasteiger partial charge is 0.376 e. The molecule has 168 valence electrons.